The molecule has 0 aromatic heterocycles. The molecule has 1 aliphatic heterocycles. The molecule has 1 heterocycles. The highest BCUT2D eigenvalue weighted by molar-refractivity contribution is 14.0. The highest BCUT2D eigenvalue weighted by atomic mass is 127. The van der Waals surface area contributed by atoms with Crippen molar-refractivity contribution in [3.63, 3.8) is 0 Å². The molecule has 0 saturated carbocycles. The lowest BCUT2D eigenvalue weighted by Gasteiger charge is -2.23. The van der Waals surface area contributed by atoms with E-state index in [1.54, 1.807) is 0 Å². The smallest absolute Gasteiger partial charge is 0.193 e. The maximum absolute atomic E-state index is 5.31. The molecule has 0 radical (unpaired) electrons. The number of rotatable bonds is 5. The summed E-state index contributed by atoms with van der Waals surface area (Å²) in [6, 6.07) is 0. The van der Waals surface area contributed by atoms with Gasteiger partial charge in [-0.25, -0.2) is 0 Å². The summed E-state index contributed by atoms with van der Waals surface area (Å²) in [7, 11) is 1.86. The van der Waals surface area contributed by atoms with Crippen LogP contribution in [0.5, 0.6) is 0 Å². The largest absolute Gasteiger partial charge is 0.382 e. The molecule has 1 aliphatic rings. The number of guanidine groups is 1. The predicted molar refractivity (Wildman–Crippen MR) is 87.9 cm³/mol. The van der Waals surface area contributed by atoms with E-state index in [9.17, 15) is 0 Å². The Morgan fingerprint density at radius 3 is 2.67 bits per heavy atom. The lowest BCUT2D eigenvalue weighted by Crippen LogP contribution is -2.41. The topological polar surface area (TPSA) is 36.9 Å². The molecule has 0 atom stereocenters. The molecule has 1 rings (SSSR count). The zero-order chi connectivity index (χ0) is 12.7. The molecule has 0 unspecified atom stereocenters. The summed E-state index contributed by atoms with van der Waals surface area (Å²) in [5, 5.41) is 3.40. The molecule has 4 nitrogen and oxygen atoms in total. The van der Waals surface area contributed by atoms with Crippen LogP contribution in [0.4, 0.5) is 0 Å². The van der Waals surface area contributed by atoms with Crippen LogP contribution in [0.1, 0.15) is 33.6 Å². The molecule has 1 fully saturated rings. The normalized spacial score (nSPS) is 18.7. The van der Waals surface area contributed by atoms with E-state index in [4.69, 9.17) is 4.74 Å². The van der Waals surface area contributed by atoms with E-state index in [1.165, 1.54) is 6.42 Å². The van der Waals surface area contributed by atoms with E-state index < -0.39 is 0 Å². The van der Waals surface area contributed by atoms with Gasteiger partial charge in [0.1, 0.15) is 0 Å². The number of ether oxygens (including phenoxy) is 1. The number of nitrogens with one attached hydrogen (secondary N) is 1. The first-order chi connectivity index (χ1) is 8.09. The standard InChI is InChI=1S/C13H27N3O.HI/c1-5-17-10-6-8-15-12(14-4)16-9-7-13(2,3)11-16;/h5-11H2,1-4H3,(H,14,15);1H. The van der Waals surface area contributed by atoms with Crippen LogP contribution in [0, 0.1) is 5.41 Å². The van der Waals surface area contributed by atoms with Gasteiger partial charge in [-0.2, -0.15) is 0 Å². The van der Waals surface area contributed by atoms with Gasteiger partial charge in [-0.3, -0.25) is 4.99 Å². The lowest BCUT2D eigenvalue weighted by atomic mass is 9.93. The third-order valence-electron chi connectivity index (χ3n) is 3.14. The molecule has 0 amide bonds. The van der Waals surface area contributed by atoms with Crippen molar-refractivity contribution in [3.8, 4) is 0 Å². The van der Waals surface area contributed by atoms with E-state index >= 15 is 0 Å². The van der Waals surface area contributed by atoms with Crippen LogP contribution in [0.3, 0.4) is 0 Å². The Balaban J connectivity index is 0.00000289. The lowest BCUT2D eigenvalue weighted by molar-refractivity contribution is 0.145. The molecule has 0 aliphatic carbocycles. The van der Waals surface area contributed by atoms with E-state index in [-0.39, 0.29) is 24.0 Å². The van der Waals surface area contributed by atoms with E-state index in [0.29, 0.717) is 5.41 Å². The predicted octanol–water partition coefficient (Wildman–Crippen LogP) is 2.34. The Morgan fingerprint density at radius 2 is 2.17 bits per heavy atom. The molecule has 0 bridgehead atoms. The number of halogens is 1. The summed E-state index contributed by atoms with van der Waals surface area (Å²) in [6.45, 7) is 11.4. The fourth-order valence-corrected chi connectivity index (χ4v) is 2.14. The van der Waals surface area contributed by atoms with Crippen molar-refractivity contribution in [2.75, 3.05) is 39.9 Å². The fraction of sp³-hybridized carbons (Fsp3) is 0.923. The average molecular weight is 369 g/mol. The first-order valence-electron chi connectivity index (χ1n) is 6.62. The molecule has 0 aromatic rings. The van der Waals surface area contributed by atoms with E-state index in [2.05, 4.69) is 29.1 Å². The Labute approximate surface area is 129 Å². The van der Waals surface area contributed by atoms with Crippen molar-refractivity contribution in [2.24, 2.45) is 10.4 Å². The number of hydrogen-bond donors (Lipinski definition) is 1. The Hall–Kier alpha value is -0.0400. The Bertz CT molecular complexity index is 257. The van der Waals surface area contributed by atoms with Crippen LogP contribution < -0.4 is 5.32 Å². The minimum atomic E-state index is 0. The molecular formula is C13H28IN3O. The summed E-state index contributed by atoms with van der Waals surface area (Å²) in [6.07, 6.45) is 2.27. The minimum absolute atomic E-state index is 0. The van der Waals surface area contributed by atoms with Gasteiger partial charge < -0.3 is 15.0 Å². The Kier molecular flexibility index (Phi) is 8.94. The van der Waals surface area contributed by atoms with Crippen molar-refractivity contribution in [2.45, 2.75) is 33.6 Å². The molecule has 108 valence electrons. The summed E-state index contributed by atoms with van der Waals surface area (Å²) < 4.78 is 5.31. The maximum Gasteiger partial charge on any atom is 0.193 e. The van der Waals surface area contributed by atoms with Gasteiger partial charge in [-0.15, -0.1) is 24.0 Å². The quantitative estimate of drug-likeness (QED) is 0.350. The van der Waals surface area contributed by atoms with Crippen molar-refractivity contribution in [3.05, 3.63) is 0 Å². The second-order valence-corrected chi connectivity index (χ2v) is 5.36. The monoisotopic (exact) mass is 369 g/mol. The van der Waals surface area contributed by atoms with Gasteiger partial charge in [0.25, 0.3) is 0 Å². The van der Waals surface area contributed by atoms with Gasteiger partial charge in [-0.05, 0) is 25.2 Å². The van der Waals surface area contributed by atoms with Crippen LogP contribution in [0.2, 0.25) is 0 Å². The second-order valence-electron chi connectivity index (χ2n) is 5.36. The molecule has 1 N–H and O–H groups in total. The van der Waals surface area contributed by atoms with Gasteiger partial charge >= 0.3 is 0 Å². The number of hydrogen-bond acceptors (Lipinski definition) is 2. The number of nitrogens with zero attached hydrogens (tertiary/aromatic N) is 2. The first-order valence-corrected chi connectivity index (χ1v) is 6.62. The van der Waals surface area contributed by atoms with Crippen molar-refractivity contribution < 1.29 is 4.74 Å². The first kappa shape index (κ1) is 18.0. The van der Waals surface area contributed by atoms with E-state index in [1.807, 2.05) is 14.0 Å². The summed E-state index contributed by atoms with van der Waals surface area (Å²) in [5.74, 6) is 1.03. The zero-order valence-electron chi connectivity index (χ0n) is 12.2. The third-order valence-corrected chi connectivity index (χ3v) is 3.14. The van der Waals surface area contributed by atoms with Crippen LogP contribution in [0.25, 0.3) is 0 Å². The number of aliphatic imine (C=N–C) groups is 1. The summed E-state index contributed by atoms with van der Waals surface area (Å²) in [5.41, 5.74) is 0.420. The summed E-state index contributed by atoms with van der Waals surface area (Å²) >= 11 is 0. The average Bonchev–Trinajstić information content (AvgIpc) is 2.64. The number of likely N-dealkylation sites (tertiary alicyclic amines) is 1. The molecule has 0 spiro atoms. The molecule has 1 saturated heterocycles. The summed E-state index contributed by atoms with van der Waals surface area (Å²) in [4.78, 5) is 6.69. The van der Waals surface area contributed by atoms with Crippen molar-refractivity contribution >= 4 is 29.9 Å². The van der Waals surface area contributed by atoms with Crippen molar-refractivity contribution in [1.29, 1.82) is 0 Å². The van der Waals surface area contributed by atoms with E-state index in [0.717, 1.165) is 45.2 Å². The molecule has 0 aromatic carbocycles. The van der Waals surface area contributed by atoms with Gasteiger partial charge in [0.15, 0.2) is 5.96 Å². The van der Waals surface area contributed by atoms with Crippen LogP contribution in [0.15, 0.2) is 4.99 Å². The highest BCUT2D eigenvalue weighted by Crippen LogP contribution is 2.28. The second kappa shape index (κ2) is 8.96. The third kappa shape index (κ3) is 6.22. The SMILES string of the molecule is CCOCCCNC(=NC)N1CCC(C)(C)C1.I. The maximum atomic E-state index is 5.31. The van der Waals surface area contributed by atoms with Gasteiger partial charge in [0.2, 0.25) is 0 Å². The molecule has 5 heteroatoms. The highest BCUT2D eigenvalue weighted by Gasteiger charge is 2.30. The van der Waals surface area contributed by atoms with Crippen LogP contribution >= 0.6 is 24.0 Å². The minimum Gasteiger partial charge on any atom is -0.382 e. The van der Waals surface area contributed by atoms with Crippen molar-refractivity contribution in [1.82, 2.24) is 10.2 Å². The Morgan fingerprint density at radius 1 is 1.44 bits per heavy atom. The zero-order valence-corrected chi connectivity index (χ0v) is 14.5. The van der Waals surface area contributed by atoms with Gasteiger partial charge in [0, 0.05) is 39.9 Å². The fourth-order valence-electron chi connectivity index (χ4n) is 2.14. The molecule has 18 heavy (non-hydrogen) atoms. The van der Waals surface area contributed by atoms with Gasteiger partial charge in [-0.1, -0.05) is 13.8 Å². The molecular weight excluding hydrogens is 341 g/mol. The van der Waals surface area contributed by atoms with Gasteiger partial charge in [0.05, 0.1) is 0 Å². The van der Waals surface area contributed by atoms with Crippen LogP contribution in [-0.4, -0.2) is 50.8 Å². The van der Waals surface area contributed by atoms with Crippen LogP contribution in [-0.2, 0) is 4.74 Å².